The third-order valence-corrected chi connectivity index (χ3v) is 4.53. The Hall–Kier alpha value is -1.26. The molecule has 0 aliphatic heterocycles. The fourth-order valence-electron chi connectivity index (χ4n) is 3.31. The highest BCUT2D eigenvalue weighted by atomic mass is 35.5. The Kier molecular flexibility index (Phi) is 8.42. The number of carbonyl (C=O) groups excluding carboxylic acids is 1. The number of hydrogen-bond acceptors (Lipinski definition) is 3. The van der Waals surface area contributed by atoms with Gasteiger partial charge < -0.3 is 15.8 Å². The average molecular weight is 341 g/mol. The maximum atomic E-state index is 12.3. The third kappa shape index (κ3) is 5.70. The number of carbonyl (C=O) groups is 1. The molecule has 1 aliphatic rings. The van der Waals surface area contributed by atoms with E-state index in [4.69, 9.17) is 10.5 Å². The molecule has 1 aliphatic carbocycles. The molecular formula is C18H29ClN2O2. The van der Waals surface area contributed by atoms with E-state index in [1.54, 1.807) is 6.07 Å². The quantitative estimate of drug-likeness (QED) is 0.743. The number of rotatable bonds is 7. The van der Waals surface area contributed by atoms with E-state index >= 15 is 0 Å². The van der Waals surface area contributed by atoms with Crippen LogP contribution in [0.15, 0.2) is 18.2 Å². The van der Waals surface area contributed by atoms with E-state index in [1.807, 2.05) is 26.0 Å². The van der Waals surface area contributed by atoms with E-state index in [0.29, 0.717) is 23.7 Å². The van der Waals surface area contributed by atoms with Gasteiger partial charge in [-0.3, -0.25) is 4.79 Å². The second-order valence-corrected chi connectivity index (χ2v) is 6.16. The minimum Gasteiger partial charge on any atom is -0.399 e. The van der Waals surface area contributed by atoms with Crippen LogP contribution in [0.5, 0.6) is 0 Å². The molecule has 0 spiro atoms. The van der Waals surface area contributed by atoms with Gasteiger partial charge in [-0.2, -0.15) is 0 Å². The van der Waals surface area contributed by atoms with Gasteiger partial charge in [0, 0.05) is 24.4 Å². The normalized spacial score (nSPS) is 15.9. The fourth-order valence-corrected chi connectivity index (χ4v) is 3.31. The van der Waals surface area contributed by atoms with Gasteiger partial charge in [0.25, 0.3) is 5.91 Å². The average Bonchev–Trinajstić information content (AvgIpc) is 3.03. The Morgan fingerprint density at radius 2 is 2.09 bits per heavy atom. The van der Waals surface area contributed by atoms with Crippen molar-refractivity contribution in [2.24, 2.45) is 5.92 Å². The van der Waals surface area contributed by atoms with E-state index in [9.17, 15) is 4.79 Å². The maximum absolute atomic E-state index is 12.3. The van der Waals surface area contributed by atoms with E-state index in [1.165, 1.54) is 25.7 Å². The summed E-state index contributed by atoms with van der Waals surface area (Å²) in [5.74, 6) is 0.609. The summed E-state index contributed by atoms with van der Waals surface area (Å²) >= 11 is 0. The Labute approximate surface area is 145 Å². The summed E-state index contributed by atoms with van der Waals surface area (Å²) in [6.45, 7) is 5.35. The molecule has 23 heavy (non-hydrogen) atoms. The van der Waals surface area contributed by atoms with Crippen molar-refractivity contribution in [3.8, 4) is 0 Å². The minimum atomic E-state index is -0.0496. The third-order valence-electron chi connectivity index (χ3n) is 4.53. The van der Waals surface area contributed by atoms with Crippen LogP contribution in [0.3, 0.4) is 0 Å². The molecule has 1 atom stereocenters. The molecule has 1 aromatic rings. The topological polar surface area (TPSA) is 64.3 Å². The molecule has 1 aromatic carbocycles. The smallest absolute Gasteiger partial charge is 0.251 e. The summed E-state index contributed by atoms with van der Waals surface area (Å²) in [5.41, 5.74) is 7.99. The van der Waals surface area contributed by atoms with Gasteiger partial charge in [-0.05, 0) is 56.7 Å². The lowest BCUT2D eigenvalue weighted by molar-refractivity contribution is 0.0163. The first-order valence-corrected chi connectivity index (χ1v) is 8.37. The van der Waals surface area contributed by atoms with Crippen LogP contribution in [-0.2, 0) is 4.74 Å². The molecule has 0 aromatic heterocycles. The highest BCUT2D eigenvalue weighted by molar-refractivity contribution is 5.96. The predicted octanol–water partition coefficient (Wildman–Crippen LogP) is 3.71. The Morgan fingerprint density at radius 1 is 1.39 bits per heavy atom. The lowest BCUT2D eigenvalue weighted by atomic mass is 9.98. The molecule has 1 saturated carbocycles. The van der Waals surface area contributed by atoms with E-state index in [2.05, 4.69) is 5.32 Å². The second-order valence-electron chi connectivity index (χ2n) is 6.16. The summed E-state index contributed by atoms with van der Waals surface area (Å²) in [6, 6.07) is 5.44. The van der Waals surface area contributed by atoms with Gasteiger partial charge >= 0.3 is 0 Å². The highest BCUT2D eigenvalue weighted by Gasteiger charge is 2.25. The van der Waals surface area contributed by atoms with E-state index in [-0.39, 0.29) is 24.4 Å². The number of ether oxygens (including phenoxy) is 1. The summed E-state index contributed by atoms with van der Waals surface area (Å²) < 4.78 is 5.88. The van der Waals surface area contributed by atoms with Crippen molar-refractivity contribution in [1.82, 2.24) is 5.32 Å². The lowest BCUT2D eigenvalue weighted by Gasteiger charge is -2.23. The van der Waals surface area contributed by atoms with Gasteiger partial charge in [-0.15, -0.1) is 12.4 Å². The molecule has 2 rings (SSSR count). The molecule has 0 bridgehead atoms. The van der Waals surface area contributed by atoms with Gasteiger partial charge in [0.15, 0.2) is 0 Å². The van der Waals surface area contributed by atoms with Gasteiger partial charge in [0.05, 0.1) is 6.10 Å². The number of nitrogens with one attached hydrogen (secondary N) is 1. The van der Waals surface area contributed by atoms with Crippen molar-refractivity contribution in [2.75, 3.05) is 18.9 Å². The maximum Gasteiger partial charge on any atom is 0.251 e. The van der Waals surface area contributed by atoms with Crippen LogP contribution in [0.2, 0.25) is 0 Å². The highest BCUT2D eigenvalue weighted by Crippen LogP contribution is 2.30. The molecule has 1 fully saturated rings. The van der Waals surface area contributed by atoms with Gasteiger partial charge in [-0.1, -0.05) is 18.9 Å². The van der Waals surface area contributed by atoms with Crippen LogP contribution in [0.4, 0.5) is 5.69 Å². The predicted molar refractivity (Wildman–Crippen MR) is 97.2 cm³/mol. The van der Waals surface area contributed by atoms with Crippen LogP contribution in [0.25, 0.3) is 0 Å². The summed E-state index contributed by atoms with van der Waals surface area (Å²) in [5, 5.41) is 3.00. The number of aryl methyl sites for hydroxylation is 1. The molecule has 5 heteroatoms. The zero-order valence-electron chi connectivity index (χ0n) is 14.1. The number of amides is 1. The molecule has 130 valence electrons. The first kappa shape index (κ1) is 19.8. The van der Waals surface area contributed by atoms with Crippen LogP contribution in [0.1, 0.15) is 54.9 Å². The van der Waals surface area contributed by atoms with Crippen molar-refractivity contribution in [3.05, 3.63) is 29.3 Å². The van der Waals surface area contributed by atoms with Crippen molar-refractivity contribution in [1.29, 1.82) is 0 Å². The summed E-state index contributed by atoms with van der Waals surface area (Å²) in [4.78, 5) is 12.3. The zero-order valence-corrected chi connectivity index (χ0v) is 15.0. The Balaban J connectivity index is 0.00000264. The Morgan fingerprint density at radius 3 is 2.74 bits per heavy atom. The van der Waals surface area contributed by atoms with Gasteiger partial charge in [-0.25, -0.2) is 0 Å². The molecule has 1 amide bonds. The monoisotopic (exact) mass is 340 g/mol. The molecule has 0 saturated heterocycles. The first-order valence-electron chi connectivity index (χ1n) is 8.37. The summed E-state index contributed by atoms with van der Waals surface area (Å²) in [7, 11) is 0. The molecular weight excluding hydrogens is 312 g/mol. The Bertz CT molecular complexity index is 502. The van der Waals surface area contributed by atoms with Gasteiger partial charge in [0.2, 0.25) is 0 Å². The zero-order chi connectivity index (χ0) is 15.9. The number of hydrogen-bond donors (Lipinski definition) is 2. The van der Waals surface area contributed by atoms with E-state index in [0.717, 1.165) is 18.6 Å². The molecule has 3 N–H and O–H groups in total. The largest absolute Gasteiger partial charge is 0.399 e. The molecule has 0 heterocycles. The standard InChI is InChI=1S/C18H28N2O2.ClH/c1-3-22-17(14-6-4-5-7-14)10-11-20-18(21)16-12-15(19)9-8-13(16)2;/h8-9,12,14,17H,3-7,10-11,19H2,1-2H3,(H,20,21);1H. The summed E-state index contributed by atoms with van der Waals surface area (Å²) in [6.07, 6.45) is 6.28. The number of halogens is 1. The van der Waals surface area contributed by atoms with Gasteiger partial charge in [0.1, 0.15) is 0 Å². The van der Waals surface area contributed by atoms with E-state index < -0.39 is 0 Å². The second kappa shape index (κ2) is 9.78. The van der Waals surface area contributed by atoms with Crippen molar-refractivity contribution in [2.45, 2.75) is 52.1 Å². The van der Waals surface area contributed by atoms with Crippen LogP contribution >= 0.6 is 12.4 Å². The minimum absolute atomic E-state index is 0. The van der Waals surface area contributed by atoms with Crippen molar-refractivity contribution in [3.63, 3.8) is 0 Å². The molecule has 0 radical (unpaired) electrons. The fraction of sp³-hybridized carbons (Fsp3) is 0.611. The van der Waals surface area contributed by atoms with Crippen LogP contribution in [0, 0.1) is 12.8 Å². The lowest BCUT2D eigenvalue weighted by Crippen LogP contribution is -2.31. The number of nitrogen functional groups attached to an aromatic ring is 1. The van der Waals surface area contributed by atoms with Crippen molar-refractivity contribution >= 4 is 24.0 Å². The number of anilines is 1. The molecule has 4 nitrogen and oxygen atoms in total. The number of benzene rings is 1. The van der Waals surface area contributed by atoms with Crippen LogP contribution in [-0.4, -0.2) is 25.2 Å². The SMILES string of the molecule is CCOC(CCNC(=O)c1cc(N)ccc1C)C1CCCC1.Cl. The first-order chi connectivity index (χ1) is 10.6. The van der Waals surface area contributed by atoms with Crippen molar-refractivity contribution < 1.29 is 9.53 Å². The molecule has 1 unspecified atom stereocenters. The number of nitrogens with two attached hydrogens (primary N) is 1. The van der Waals surface area contributed by atoms with Crippen LogP contribution < -0.4 is 11.1 Å².